The van der Waals surface area contributed by atoms with Crippen LogP contribution in [0.25, 0.3) is 10.2 Å². The molecule has 1 aromatic heterocycles. The van der Waals surface area contributed by atoms with Crippen molar-refractivity contribution in [3.63, 3.8) is 0 Å². The lowest BCUT2D eigenvalue weighted by atomic mass is 9.96. The van der Waals surface area contributed by atoms with Crippen molar-refractivity contribution in [1.82, 2.24) is 4.98 Å². The van der Waals surface area contributed by atoms with Gasteiger partial charge in [-0.15, -0.1) is 11.3 Å². The van der Waals surface area contributed by atoms with E-state index in [0.717, 1.165) is 10.5 Å². The van der Waals surface area contributed by atoms with Crippen LogP contribution in [0, 0.1) is 6.92 Å². The number of fused-ring (bicyclic) bond motifs is 1. The van der Waals surface area contributed by atoms with Gasteiger partial charge in [0.2, 0.25) is 0 Å². The number of anilines is 1. The van der Waals surface area contributed by atoms with Gasteiger partial charge in [-0.25, -0.2) is 4.98 Å². The minimum atomic E-state index is 0.659. The third kappa shape index (κ3) is 3.27. The number of rotatable bonds is 2. The van der Waals surface area contributed by atoms with Crippen LogP contribution < -0.4 is 5.32 Å². The number of thiazole rings is 1. The first-order valence-electron chi connectivity index (χ1n) is 7.45. The number of hydrogen-bond donors (Lipinski definition) is 1. The summed E-state index contributed by atoms with van der Waals surface area (Å²) >= 11 is 1.78. The highest BCUT2D eigenvalue weighted by molar-refractivity contribution is 7.18. The van der Waals surface area contributed by atoms with Crippen LogP contribution in [0.2, 0.25) is 0 Å². The molecule has 0 spiro atoms. The molecule has 0 saturated heterocycles. The third-order valence-electron chi connectivity index (χ3n) is 3.97. The maximum atomic E-state index is 4.52. The molecule has 1 aliphatic carbocycles. The molecule has 1 aliphatic rings. The summed E-state index contributed by atoms with van der Waals surface area (Å²) < 4.78 is 1.30. The molecule has 0 aliphatic heterocycles. The molecule has 1 saturated carbocycles. The molecule has 102 valence electrons. The molecule has 2 nitrogen and oxygen atoms in total. The zero-order valence-corrected chi connectivity index (χ0v) is 12.4. The number of benzene rings is 1. The highest BCUT2D eigenvalue weighted by atomic mass is 32.1. The van der Waals surface area contributed by atoms with E-state index in [9.17, 15) is 0 Å². The van der Waals surface area contributed by atoms with E-state index in [4.69, 9.17) is 0 Å². The largest absolute Gasteiger partial charge is 0.382 e. The summed E-state index contributed by atoms with van der Waals surface area (Å²) in [6.07, 6.45) is 9.63. The van der Waals surface area contributed by atoms with E-state index in [1.54, 1.807) is 11.3 Å². The van der Waals surface area contributed by atoms with Gasteiger partial charge in [-0.1, -0.05) is 32.1 Å². The summed E-state index contributed by atoms with van der Waals surface area (Å²) in [5.41, 5.74) is 2.40. The van der Waals surface area contributed by atoms with Gasteiger partial charge in [0.05, 0.1) is 15.2 Å². The van der Waals surface area contributed by atoms with Crippen molar-refractivity contribution >= 4 is 27.2 Å². The summed E-state index contributed by atoms with van der Waals surface area (Å²) in [7, 11) is 0. The third-order valence-corrected chi connectivity index (χ3v) is 4.90. The molecule has 0 atom stereocenters. The summed E-state index contributed by atoms with van der Waals surface area (Å²) in [6, 6.07) is 7.25. The van der Waals surface area contributed by atoms with E-state index in [0.29, 0.717) is 6.04 Å². The molecule has 0 bridgehead atoms. The lowest BCUT2D eigenvalue weighted by Gasteiger charge is -2.22. The van der Waals surface area contributed by atoms with Crippen molar-refractivity contribution in [2.45, 2.75) is 57.9 Å². The zero-order chi connectivity index (χ0) is 13.1. The normalized spacial score (nSPS) is 18.2. The Bertz CT molecular complexity index is 539. The van der Waals surface area contributed by atoms with Crippen LogP contribution in [-0.2, 0) is 0 Å². The van der Waals surface area contributed by atoms with Crippen LogP contribution in [0.4, 0.5) is 5.69 Å². The fraction of sp³-hybridized carbons (Fsp3) is 0.562. The molecular weight excluding hydrogens is 252 g/mol. The second-order valence-electron chi connectivity index (χ2n) is 5.60. The first-order valence-corrected chi connectivity index (χ1v) is 8.27. The second-order valence-corrected chi connectivity index (χ2v) is 6.84. The number of aryl methyl sites for hydroxylation is 1. The van der Waals surface area contributed by atoms with Crippen LogP contribution in [0.15, 0.2) is 18.2 Å². The number of aromatic nitrogens is 1. The second kappa shape index (κ2) is 5.91. The monoisotopic (exact) mass is 274 g/mol. The van der Waals surface area contributed by atoms with Gasteiger partial charge in [-0.2, -0.15) is 0 Å². The van der Waals surface area contributed by atoms with Crippen molar-refractivity contribution < 1.29 is 0 Å². The molecule has 19 heavy (non-hydrogen) atoms. The SMILES string of the molecule is Cc1nc2ccc(NC3CCCCCCC3)cc2s1. The molecule has 1 aromatic carbocycles. The maximum absolute atomic E-state index is 4.52. The molecule has 1 fully saturated rings. The van der Waals surface area contributed by atoms with Gasteiger partial charge >= 0.3 is 0 Å². The van der Waals surface area contributed by atoms with Gasteiger partial charge in [0.15, 0.2) is 0 Å². The fourth-order valence-electron chi connectivity index (χ4n) is 2.97. The van der Waals surface area contributed by atoms with Crippen molar-refractivity contribution in [2.24, 2.45) is 0 Å². The summed E-state index contributed by atoms with van der Waals surface area (Å²) in [5.74, 6) is 0. The van der Waals surface area contributed by atoms with E-state index in [2.05, 4.69) is 35.4 Å². The quantitative estimate of drug-likeness (QED) is 0.821. The molecule has 3 heteroatoms. The van der Waals surface area contributed by atoms with Crippen LogP contribution in [0.3, 0.4) is 0 Å². The Morgan fingerprint density at radius 1 is 1.11 bits per heavy atom. The highest BCUT2D eigenvalue weighted by Gasteiger charge is 2.11. The lowest BCUT2D eigenvalue weighted by molar-refractivity contribution is 0.471. The first kappa shape index (κ1) is 12.9. The van der Waals surface area contributed by atoms with Gasteiger partial charge in [-0.05, 0) is 38.0 Å². The van der Waals surface area contributed by atoms with Crippen LogP contribution >= 0.6 is 11.3 Å². The topological polar surface area (TPSA) is 24.9 Å². The first-order chi connectivity index (χ1) is 9.31. The minimum absolute atomic E-state index is 0.659. The van der Waals surface area contributed by atoms with Crippen molar-refractivity contribution in [3.05, 3.63) is 23.2 Å². The zero-order valence-electron chi connectivity index (χ0n) is 11.6. The van der Waals surface area contributed by atoms with Gasteiger partial charge in [0, 0.05) is 11.7 Å². The van der Waals surface area contributed by atoms with Gasteiger partial charge in [0.1, 0.15) is 0 Å². The molecule has 0 radical (unpaired) electrons. The number of nitrogens with one attached hydrogen (secondary N) is 1. The van der Waals surface area contributed by atoms with Gasteiger partial charge in [0.25, 0.3) is 0 Å². The predicted molar refractivity (Wildman–Crippen MR) is 84.1 cm³/mol. The van der Waals surface area contributed by atoms with Crippen molar-refractivity contribution in [3.8, 4) is 0 Å². The lowest BCUT2D eigenvalue weighted by Crippen LogP contribution is -2.20. The highest BCUT2D eigenvalue weighted by Crippen LogP contribution is 2.26. The Labute approximate surface area is 119 Å². The minimum Gasteiger partial charge on any atom is -0.382 e. The van der Waals surface area contributed by atoms with E-state index >= 15 is 0 Å². The Morgan fingerprint density at radius 3 is 2.63 bits per heavy atom. The standard InChI is InChI=1S/C16H22N2S/c1-12-17-15-10-9-14(11-16(15)19-12)18-13-7-5-3-2-4-6-8-13/h9-11,13,18H,2-8H2,1H3. The Balaban J connectivity index is 1.72. The van der Waals surface area contributed by atoms with E-state index in [1.807, 2.05) is 0 Å². The Kier molecular flexibility index (Phi) is 4.02. The Morgan fingerprint density at radius 2 is 1.84 bits per heavy atom. The fourth-order valence-corrected chi connectivity index (χ4v) is 3.83. The Hall–Kier alpha value is -1.09. The number of hydrogen-bond acceptors (Lipinski definition) is 3. The molecule has 0 unspecified atom stereocenters. The molecule has 3 rings (SSSR count). The summed E-state index contributed by atoms with van der Waals surface area (Å²) in [5, 5.41) is 4.88. The average Bonchev–Trinajstić information content (AvgIpc) is 2.72. The van der Waals surface area contributed by atoms with Crippen LogP contribution in [0.5, 0.6) is 0 Å². The average molecular weight is 274 g/mol. The number of nitrogens with zero attached hydrogens (tertiary/aromatic N) is 1. The molecule has 0 amide bonds. The van der Waals surface area contributed by atoms with Crippen molar-refractivity contribution in [2.75, 3.05) is 5.32 Å². The van der Waals surface area contributed by atoms with E-state index in [-0.39, 0.29) is 0 Å². The summed E-state index contributed by atoms with van der Waals surface area (Å²) in [6.45, 7) is 2.08. The predicted octanol–water partition coefficient (Wildman–Crippen LogP) is 5.13. The van der Waals surface area contributed by atoms with Crippen LogP contribution in [-0.4, -0.2) is 11.0 Å². The maximum Gasteiger partial charge on any atom is 0.0907 e. The smallest absolute Gasteiger partial charge is 0.0907 e. The van der Waals surface area contributed by atoms with Crippen LogP contribution in [0.1, 0.15) is 50.0 Å². The van der Waals surface area contributed by atoms with E-state index in [1.165, 1.54) is 55.3 Å². The van der Waals surface area contributed by atoms with Gasteiger partial charge in [-0.3, -0.25) is 0 Å². The van der Waals surface area contributed by atoms with Gasteiger partial charge < -0.3 is 5.32 Å². The van der Waals surface area contributed by atoms with E-state index < -0.39 is 0 Å². The van der Waals surface area contributed by atoms with Crippen molar-refractivity contribution in [1.29, 1.82) is 0 Å². The molecular formula is C16H22N2S. The molecule has 2 aromatic rings. The summed E-state index contributed by atoms with van der Waals surface area (Å²) in [4.78, 5) is 4.52. The molecule has 1 heterocycles. The molecule has 1 N–H and O–H groups in total.